The summed E-state index contributed by atoms with van der Waals surface area (Å²) in [5, 5.41) is 2.75. The molecule has 0 saturated heterocycles. The van der Waals surface area contributed by atoms with Crippen molar-refractivity contribution in [3.8, 4) is 0 Å². The molecule has 106 valence electrons. The number of nitrogens with one attached hydrogen (secondary N) is 1. The summed E-state index contributed by atoms with van der Waals surface area (Å²) < 4.78 is 9.84. The molecule has 1 atom stereocenters. The van der Waals surface area contributed by atoms with Gasteiger partial charge in [0.25, 0.3) is 0 Å². The highest BCUT2D eigenvalue weighted by Gasteiger charge is 2.26. The van der Waals surface area contributed by atoms with Gasteiger partial charge in [0, 0.05) is 24.8 Å². The summed E-state index contributed by atoms with van der Waals surface area (Å²) in [7, 11) is 1.58. The van der Waals surface area contributed by atoms with Gasteiger partial charge >= 0.3 is 6.09 Å². The van der Waals surface area contributed by atoms with E-state index < -0.39 is 6.09 Å². The quantitative estimate of drug-likeness (QED) is 0.844. The van der Waals surface area contributed by atoms with E-state index in [4.69, 9.17) is 9.47 Å². The highest BCUT2D eigenvalue weighted by Crippen LogP contribution is 2.27. The number of carbonyl (C=O) groups excluding carboxylic acids is 2. The van der Waals surface area contributed by atoms with E-state index in [1.54, 1.807) is 26.2 Å². The van der Waals surface area contributed by atoms with E-state index in [-0.39, 0.29) is 18.4 Å². The van der Waals surface area contributed by atoms with Crippen LogP contribution in [0.1, 0.15) is 6.92 Å². The highest BCUT2D eigenvalue weighted by atomic mass is 16.5. The Bertz CT molecular complexity index is 543. The molecule has 2 aliphatic rings. The maximum absolute atomic E-state index is 11.6. The molecule has 1 aliphatic carbocycles. The zero-order chi connectivity index (χ0) is 14.5. The molecule has 1 heterocycles. The molecule has 2 rings (SSSR count). The topological polar surface area (TPSA) is 77.0 Å². The van der Waals surface area contributed by atoms with Gasteiger partial charge < -0.3 is 14.8 Å². The van der Waals surface area contributed by atoms with Crippen LogP contribution in [0.3, 0.4) is 0 Å². The SMILES string of the molecule is CCOC(=O)/N=C1\C=CC2C(COC)=CC(=O)NC2=C1. The molecule has 1 N–H and O–H groups in total. The number of aliphatic imine (C=N–C) groups is 1. The number of hydrogen-bond acceptors (Lipinski definition) is 4. The van der Waals surface area contributed by atoms with E-state index in [0.717, 1.165) is 5.57 Å². The minimum atomic E-state index is -0.641. The zero-order valence-electron chi connectivity index (χ0n) is 11.4. The third-order valence-corrected chi connectivity index (χ3v) is 2.88. The van der Waals surface area contributed by atoms with Gasteiger partial charge in [-0.2, -0.15) is 4.99 Å². The van der Waals surface area contributed by atoms with Gasteiger partial charge in [-0.1, -0.05) is 6.08 Å². The monoisotopic (exact) mass is 276 g/mol. The summed E-state index contributed by atoms with van der Waals surface area (Å²) in [6, 6.07) is 0. The van der Waals surface area contributed by atoms with Gasteiger partial charge in [-0.25, -0.2) is 4.79 Å². The van der Waals surface area contributed by atoms with Gasteiger partial charge in [-0.3, -0.25) is 4.79 Å². The molecule has 0 saturated carbocycles. The van der Waals surface area contributed by atoms with Gasteiger partial charge in [-0.05, 0) is 24.6 Å². The Hall–Kier alpha value is -2.21. The first kappa shape index (κ1) is 14.2. The molecule has 6 heteroatoms. The average molecular weight is 276 g/mol. The third-order valence-electron chi connectivity index (χ3n) is 2.88. The molecule has 2 amide bonds. The van der Waals surface area contributed by atoms with E-state index in [1.165, 1.54) is 6.08 Å². The van der Waals surface area contributed by atoms with Gasteiger partial charge in [-0.15, -0.1) is 0 Å². The van der Waals surface area contributed by atoms with Crippen LogP contribution in [0, 0.1) is 5.92 Å². The van der Waals surface area contributed by atoms with Crippen LogP contribution in [-0.2, 0) is 14.3 Å². The Balaban J connectivity index is 2.22. The fraction of sp³-hybridized carbons (Fsp3) is 0.357. The van der Waals surface area contributed by atoms with Crippen molar-refractivity contribution in [1.82, 2.24) is 5.32 Å². The van der Waals surface area contributed by atoms with Crippen molar-refractivity contribution in [2.45, 2.75) is 6.92 Å². The minimum Gasteiger partial charge on any atom is -0.448 e. The van der Waals surface area contributed by atoms with Crippen molar-refractivity contribution in [2.24, 2.45) is 10.9 Å². The van der Waals surface area contributed by atoms with Gasteiger partial charge in [0.15, 0.2) is 0 Å². The van der Waals surface area contributed by atoms with Crippen LogP contribution in [0.25, 0.3) is 0 Å². The lowest BCUT2D eigenvalue weighted by Gasteiger charge is -2.27. The Labute approximate surface area is 116 Å². The summed E-state index contributed by atoms with van der Waals surface area (Å²) in [4.78, 5) is 26.7. The summed E-state index contributed by atoms with van der Waals surface area (Å²) in [6.45, 7) is 2.37. The molecule has 0 fully saturated rings. The fourth-order valence-electron chi connectivity index (χ4n) is 2.10. The standard InChI is InChI=1S/C14H16N2O4/c1-3-20-14(18)15-10-4-5-11-9(8-19-2)6-13(17)16-12(11)7-10/h4-7,11H,3,8H2,1-2H3,(H,16,17)/b15-10+. The maximum atomic E-state index is 11.6. The van der Waals surface area contributed by atoms with Gasteiger partial charge in [0.05, 0.1) is 18.9 Å². The highest BCUT2D eigenvalue weighted by molar-refractivity contribution is 6.10. The van der Waals surface area contributed by atoms with Crippen molar-refractivity contribution in [3.63, 3.8) is 0 Å². The zero-order valence-corrected chi connectivity index (χ0v) is 11.4. The van der Waals surface area contributed by atoms with E-state index in [9.17, 15) is 9.59 Å². The van der Waals surface area contributed by atoms with E-state index in [0.29, 0.717) is 18.0 Å². The van der Waals surface area contributed by atoms with Crippen molar-refractivity contribution in [1.29, 1.82) is 0 Å². The smallest absolute Gasteiger partial charge is 0.434 e. The second-order valence-electron chi connectivity index (χ2n) is 4.31. The summed E-state index contributed by atoms with van der Waals surface area (Å²) in [5.74, 6) is -0.251. The van der Waals surface area contributed by atoms with Crippen molar-refractivity contribution in [3.05, 3.63) is 35.6 Å². The van der Waals surface area contributed by atoms with Crippen molar-refractivity contribution >= 4 is 17.7 Å². The number of rotatable bonds is 3. The molecule has 0 spiro atoms. The molecular weight excluding hydrogens is 260 g/mol. The number of amides is 2. The van der Waals surface area contributed by atoms with Crippen molar-refractivity contribution < 1.29 is 19.1 Å². The van der Waals surface area contributed by atoms with Crippen LogP contribution >= 0.6 is 0 Å². The molecule has 0 aromatic carbocycles. The van der Waals surface area contributed by atoms with Crippen molar-refractivity contribution in [2.75, 3.05) is 20.3 Å². The van der Waals surface area contributed by atoms with Gasteiger partial charge in [0.2, 0.25) is 5.91 Å². The second kappa shape index (κ2) is 6.29. The number of nitrogens with zero attached hydrogens (tertiary/aromatic N) is 1. The molecule has 1 unspecified atom stereocenters. The first-order chi connectivity index (χ1) is 9.63. The molecule has 1 aliphatic heterocycles. The lowest BCUT2D eigenvalue weighted by molar-refractivity contribution is -0.116. The number of methoxy groups -OCH3 is 1. The number of hydrogen-bond donors (Lipinski definition) is 1. The normalized spacial score (nSPS) is 22.8. The van der Waals surface area contributed by atoms with E-state index in [2.05, 4.69) is 10.3 Å². The molecule has 0 bridgehead atoms. The largest absolute Gasteiger partial charge is 0.448 e. The fourth-order valence-corrected chi connectivity index (χ4v) is 2.10. The van der Waals surface area contributed by atoms with E-state index >= 15 is 0 Å². The minimum absolute atomic E-state index is 0.0474. The molecule has 20 heavy (non-hydrogen) atoms. The molecule has 0 aromatic rings. The summed E-state index contributed by atoms with van der Waals surface area (Å²) in [6.07, 6.45) is 6.16. The number of allylic oxidation sites excluding steroid dienone is 3. The number of fused-ring (bicyclic) bond motifs is 1. The second-order valence-corrected chi connectivity index (χ2v) is 4.31. The molecule has 6 nitrogen and oxygen atoms in total. The molecular formula is C14H16N2O4. The Morgan fingerprint density at radius 3 is 2.95 bits per heavy atom. The number of carbonyl (C=O) groups is 2. The average Bonchev–Trinajstić information content (AvgIpc) is 2.38. The maximum Gasteiger partial charge on any atom is 0.434 e. The lowest BCUT2D eigenvalue weighted by atomic mass is 9.88. The predicted octanol–water partition coefficient (Wildman–Crippen LogP) is 1.36. The van der Waals surface area contributed by atoms with Crippen LogP contribution in [0.5, 0.6) is 0 Å². The van der Waals surface area contributed by atoms with Crippen LogP contribution < -0.4 is 5.32 Å². The first-order valence-corrected chi connectivity index (χ1v) is 6.29. The van der Waals surface area contributed by atoms with Gasteiger partial charge in [0.1, 0.15) is 0 Å². The first-order valence-electron chi connectivity index (χ1n) is 6.29. The molecule has 0 radical (unpaired) electrons. The predicted molar refractivity (Wildman–Crippen MR) is 73.3 cm³/mol. The summed E-state index contributed by atoms with van der Waals surface area (Å²) >= 11 is 0. The summed E-state index contributed by atoms with van der Waals surface area (Å²) in [5.41, 5.74) is 2.01. The Kier molecular flexibility index (Phi) is 4.47. The number of ether oxygens (including phenoxy) is 2. The third kappa shape index (κ3) is 3.21. The molecule has 0 aromatic heterocycles. The van der Waals surface area contributed by atoms with Crippen LogP contribution in [0.4, 0.5) is 4.79 Å². The lowest BCUT2D eigenvalue weighted by Crippen LogP contribution is -2.34. The van der Waals surface area contributed by atoms with Crippen LogP contribution in [0.15, 0.2) is 40.6 Å². The van der Waals surface area contributed by atoms with Crippen LogP contribution in [-0.4, -0.2) is 38.0 Å². The van der Waals surface area contributed by atoms with E-state index in [1.807, 2.05) is 6.08 Å². The Morgan fingerprint density at radius 2 is 2.25 bits per heavy atom. The Morgan fingerprint density at radius 1 is 1.45 bits per heavy atom. The van der Waals surface area contributed by atoms with Crippen LogP contribution in [0.2, 0.25) is 0 Å².